The molecule has 2 rings (SSSR count). The second-order valence-electron chi connectivity index (χ2n) is 5.54. The Morgan fingerprint density at radius 2 is 2.06 bits per heavy atom. The van der Waals surface area contributed by atoms with Crippen LogP contribution in [0.4, 0.5) is 0 Å². The highest BCUT2D eigenvalue weighted by atomic mass is 79.9. The molecule has 0 aliphatic carbocycles. The average Bonchev–Trinajstić information content (AvgIpc) is 2.59. The van der Waals surface area contributed by atoms with Gasteiger partial charge in [0, 0.05) is 10.0 Å². The van der Waals surface area contributed by atoms with Crippen molar-refractivity contribution in [2.75, 3.05) is 6.54 Å². The molecule has 1 saturated heterocycles. The largest absolute Gasteiger partial charge is 0.311 e. The fourth-order valence-corrected chi connectivity index (χ4v) is 3.57. The van der Waals surface area contributed by atoms with Crippen LogP contribution >= 0.6 is 15.9 Å². The zero-order chi connectivity index (χ0) is 12.8. The number of nitrogens with one attached hydrogen (secondary N) is 1. The van der Waals surface area contributed by atoms with E-state index < -0.39 is 0 Å². The molecular formula is C16H24BrN. The summed E-state index contributed by atoms with van der Waals surface area (Å²) in [5, 5.41) is 3.85. The van der Waals surface area contributed by atoms with Crippen molar-refractivity contribution in [2.45, 2.75) is 57.4 Å². The smallest absolute Gasteiger partial charge is 0.0222 e. The molecule has 2 heteroatoms. The predicted molar refractivity (Wildman–Crippen MR) is 82.0 cm³/mol. The first-order chi connectivity index (χ1) is 8.76. The van der Waals surface area contributed by atoms with Gasteiger partial charge in [0.25, 0.3) is 0 Å². The molecule has 0 bridgehead atoms. The lowest BCUT2D eigenvalue weighted by Gasteiger charge is -2.34. The van der Waals surface area contributed by atoms with E-state index >= 15 is 0 Å². The molecule has 0 saturated carbocycles. The Balaban J connectivity index is 2.16. The molecule has 0 spiro atoms. The van der Waals surface area contributed by atoms with Crippen LogP contribution in [-0.4, -0.2) is 12.1 Å². The molecule has 1 unspecified atom stereocenters. The van der Waals surface area contributed by atoms with Crippen LogP contribution in [0.25, 0.3) is 0 Å². The van der Waals surface area contributed by atoms with Gasteiger partial charge in [0.15, 0.2) is 0 Å². The van der Waals surface area contributed by atoms with Crippen molar-refractivity contribution < 1.29 is 0 Å². The van der Waals surface area contributed by atoms with Gasteiger partial charge in [-0.15, -0.1) is 0 Å². The van der Waals surface area contributed by atoms with Crippen LogP contribution < -0.4 is 5.32 Å². The lowest BCUT2D eigenvalue weighted by Crippen LogP contribution is -2.46. The molecule has 0 amide bonds. The van der Waals surface area contributed by atoms with Gasteiger partial charge in [0.1, 0.15) is 0 Å². The first-order valence-corrected chi connectivity index (χ1v) is 8.03. The molecule has 1 fully saturated rings. The molecule has 1 aromatic carbocycles. The van der Waals surface area contributed by atoms with E-state index in [1.165, 1.54) is 55.1 Å². The maximum atomic E-state index is 3.85. The van der Waals surface area contributed by atoms with Crippen LogP contribution in [0.3, 0.4) is 0 Å². The first-order valence-electron chi connectivity index (χ1n) is 7.24. The SMILES string of the molecule is CCCC1(Cc2ccccc2Br)CCCCCN1. The van der Waals surface area contributed by atoms with Gasteiger partial charge in [0.2, 0.25) is 0 Å². The van der Waals surface area contributed by atoms with Crippen molar-refractivity contribution >= 4 is 15.9 Å². The van der Waals surface area contributed by atoms with Crippen LogP contribution in [0.5, 0.6) is 0 Å². The minimum absolute atomic E-state index is 0.328. The second kappa shape index (κ2) is 6.72. The third kappa shape index (κ3) is 3.58. The summed E-state index contributed by atoms with van der Waals surface area (Å²) in [6, 6.07) is 8.66. The highest BCUT2D eigenvalue weighted by molar-refractivity contribution is 9.10. The minimum atomic E-state index is 0.328. The summed E-state index contributed by atoms with van der Waals surface area (Å²) in [4.78, 5) is 0. The fourth-order valence-electron chi connectivity index (χ4n) is 3.14. The van der Waals surface area contributed by atoms with Gasteiger partial charge in [0.05, 0.1) is 0 Å². The van der Waals surface area contributed by atoms with Gasteiger partial charge in [-0.25, -0.2) is 0 Å². The molecule has 1 aliphatic heterocycles. The summed E-state index contributed by atoms with van der Waals surface area (Å²) in [6.07, 6.45) is 9.11. The normalized spacial score (nSPS) is 24.8. The van der Waals surface area contributed by atoms with E-state index in [0.29, 0.717) is 5.54 Å². The monoisotopic (exact) mass is 309 g/mol. The number of rotatable bonds is 4. The Hall–Kier alpha value is -0.340. The minimum Gasteiger partial charge on any atom is -0.311 e. The quantitative estimate of drug-likeness (QED) is 0.850. The summed E-state index contributed by atoms with van der Waals surface area (Å²) in [5.41, 5.74) is 1.77. The lowest BCUT2D eigenvalue weighted by molar-refractivity contribution is 0.288. The molecule has 18 heavy (non-hydrogen) atoms. The summed E-state index contributed by atoms with van der Waals surface area (Å²) < 4.78 is 1.26. The summed E-state index contributed by atoms with van der Waals surface area (Å²) in [6.45, 7) is 3.48. The Labute approximate surface area is 119 Å². The van der Waals surface area contributed by atoms with E-state index in [1.54, 1.807) is 0 Å². The molecule has 0 radical (unpaired) electrons. The van der Waals surface area contributed by atoms with E-state index in [9.17, 15) is 0 Å². The van der Waals surface area contributed by atoms with Crippen LogP contribution in [0.15, 0.2) is 28.7 Å². The third-order valence-electron chi connectivity index (χ3n) is 4.05. The van der Waals surface area contributed by atoms with E-state index in [1.807, 2.05) is 0 Å². The number of hydrogen-bond donors (Lipinski definition) is 1. The standard InChI is InChI=1S/C16H24BrN/c1-2-10-16(11-6-3-7-12-18-16)13-14-8-4-5-9-15(14)17/h4-5,8-9,18H,2-3,6-7,10-13H2,1H3. The molecule has 1 aliphatic rings. The van der Waals surface area contributed by atoms with Crippen LogP contribution in [0.2, 0.25) is 0 Å². The van der Waals surface area contributed by atoms with Gasteiger partial charge >= 0.3 is 0 Å². The van der Waals surface area contributed by atoms with Crippen LogP contribution in [0, 0.1) is 0 Å². The zero-order valence-electron chi connectivity index (χ0n) is 11.3. The maximum absolute atomic E-state index is 3.85. The predicted octanol–water partition coefficient (Wildman–Crippen LogP) is 4.69. The molecule has 1 heterocycles. The maximum Gasteiger partial charge on any atom is 0.0222 e. The Kier molecular flexibility index (Phi) is 5.25. The molecular weight excluding hydrogens is 286 g/mol. The molecule has 1 aromatic rings. The average molecular weight is 310 g/mol. The van der Waals surface area contributed by atoms with Gasteiger partial charge in [-0.1, -0.05) is 60.3 Å². The molecule has 1 nitrogen and oxygen atoms in total. The van der Waals surface area contributed by atoms with Crippen LogP contribution in [0.1, 0.15) is 51.0 Å². The molecule has 1 N–H and O–H groups in total. The van der Waals surface area contributed by atoms with E-state index in [0.717, 1.165) is 6.42 Å². The van der Waals surface area contributed by atoms with Crippen LogP contribution in [-0.2, 0) is 6.42 Å². The van der Waals surface area contributed by atoms with E-state index in [-0.39, 0.29) is 0 Å². The fraction of sp³-hybridized carbons (Fsp3) is 0.625. The molecule has 100 valence electrons. The Morgan fingerprint density at radius 1 is 1.22 bits per heavy atom. The Bertz CT molecular complexity index is 367. The van der Waals surface area contributed by atoms with Gasteiger partial charge in [-0.2, -0.15) is 0 Å². The van der Waals surface area contributed by atoms with Gasteiger partial charge in [-0.05, 0) is 43.9 Å². The lowest BCUT2D eigenvalue weighted by atomic mass is 9.83. The topological polar surface area (TPSA) is 12.0 Å². The van der Waals surface area contributed by atoms with Crippen molar-refractivity contribution in [3.8, 4) is 0 Å². The van der Waals surface area contributed by atoms with Crippen molar-refractivity contribution in [1.82, 2.24) is 5.32 Å². The zero-order valence-corrected chi connectivity index (χ0v) is 12.9. The van der Waals surface area contributed by atoms with E-state index in [2.05, 4.69) is 52.4 Å². The number of hydrogen-bond acceptors (Lipinski definition) is 1. The number of halogens is 1. The molecule has 0 aromatic heterocycles. The second-order valence-corrected chi connectivity index (χ2v) is 6.39. The van der Waals surface area contributed by atoms with Crippen molar-refractivity contribution in [3.63, 3.8) is 0 Å². The summed E-state index contributed by atoms with van der Waals surface area (Å²) in [7, 11) is 0. The highest BCUT2D eigenvalue weighted by Gasteiger charge is 2.30. The highest BCUT2D eigenvalue weighted by Crippen LogP contribution is 2.30. The van der Waals surface area contributed by atoms with Crippen molar-refractivity contribution in [3.05, 3.63) is 34.3 Å². The van der Waals surface area contributed by atoms with Crippen molar-refractivity contribution in [2.24, 2.45) is 0 Å². The van der Waals surface area contributed by atoms with Gasteiger partial charge < -0.3 is 5.32 Å². The molecule has 1 atom stereocenters. The number of benzene rings is 1. The first kappa shape index (κ1) is 14.1. The third-order valence-corrected chi connectivity index (χ3v) is 4.82. The summed E-state index contributed by atoms with van der Waals surface area (Å²) in [5.74, 6) is 0. The van der Waals surface area contributed by atoms with Crippen molar-refractivity contribution in [1.29, 1.82) is 0 Å². The van der Waals surface area contributed by atoms with E-state index in [4.69, 9.17) is 0 Å². The summed E-state index contributed by atoms with van der Waals surface area (Å²) >= 11 is 3.69. The van der Waals surface area contributed by atoms with Gasteiger partial charge in [-0.3, -0.25) is 0 Å². The Morgan fingerprint density at radius 3 is 2.83 bits per heavy atom.